The molecule has 0 radical (unpaired) electrons. The zero-order chi connectivity index (χ0) is 15.7. The van der Waals surface area contributed by atoms with Crippen LogP contribution in [0.2, 0.25) is 0 Å². The minimum atomic E-state index is -0.0781. The predicted molar refractivity (Wildman–Crippen MR) is 92.0 cm³/mol. The highest BCUT2D eigenvalue weighted by Gasteiger charge is 2.15. The largest absolute Gasteiger partial charge is 0.383 e. The molecule has 0 fully saturated rings. The van der Waals surface area contributed by atoms with E-state index in [1.165, 1.54) is 5.56 Å². The van der Waals surface area contributed by atoms with Gasteiger partial charge in [-0.05, 0) is 50.8 Å². The second kappa shape index (κ2) is 9.57. The van der Waals surface area contributed by atoms with E-state index in [-0.39, 0.29) is 5.60 Å². The van der Waals surface area contributed by atoms with Crippen molar-refractivity contribution in [3.63, 3.8) is 0 Å². The molecule has 1 unspecified atom stereocenters. The lowest BCUT2D eigenvalue weighted by Gasteiger charge is -2.23. The fourth-order valence-electron chi connectivity index (χ4n) is 2.11. The van der Waals surface area contributed by atoms with Gasteiger partial charge in [0.2, 0.25) is 0 Å². The number of ether oxygens (including phenoxy) is 2. The monoisotopic (exact) mass is 357 g/mol. The third-order valence-electron chi connectivity index (χ3n) is 3.20. The number of hydrogen-bond donors (Lipinski definition) is 1. The highest BCUT2D eigenvalue weighted by atomic mass is 79.9. The number of benzene rings is 1. The molecule has 1 rings (SSSR count). The fraction of sp³-hybridized carbons (Fsp3) is 0.647. The van der Waals surface area contributed by atoms with Gasteiger partial charge in [0.1, 0.15) is 0 Å². The molecule has 0 aliphatic rings. The van der Waals surface area contributed by atoms with Gasteiger partial charge in [0.15, 0.2) is 0 Å². The molecule has 0 aliphatic carbocycles. The van der Waals surface area contributed by atoms with Crippen LogP contribution < -0.4 is 5.32 Å². The van der Waals surface area contributed by atoms with Gasteiger partial charge in [0, 0.05) is 31.3 Å². The Hall–Kier alpha value is -0.420. The summed E-state index contributed by atoms with van der Waals surface area (Å²) >= 11 is 3.55. The lowest BCUT2D eigenvalue weighted by atomic mass is 9.96. The van der Waals surface area contributed by atoms with Crippen molar-refractivity contribution in [3.8, 4) is 0 Å². The standard InChI is InChI=1S/C17H28BrNO2/c1-17(2,3)21-10-8-15(13-19-9-11-20-4)14-6-5-7-16(18)12-14/h5-7,12,15,19H,8-11,13H2,1-4H3. The molecule has 1 aromatic rings. The van der Waals surface area contributed by atoms with Crippen LogP contribution in [0.4, 0.5) is 0 Å². The van der Waals surface area contributed by atoms with Gasteiger partial charge in [-0.25, -0.2) is 0 Å². The Labute approximate surface area is 137 Å². The van der Waals surface area contributed by atoms with E-state index >= 15 is 0 Å². The summed E-state index contributed by atoms with van der Waals surface area (Å²) in [6.45, 7) is 9.61. The minimum Gasteiger partial charge on any atom is -0.383 e. The normalized spacial score (nSPS) is 13.4. The van der Waals surface area contributed by atoms with Crippen molar-refractivity contribution in [2.24, 2.45) is 0 Å². The summed E-state index contributed by atoms with van der Waals surface area (Å²) in [5.74, 6) is 0.446. The molecule has 0 bridgehead atoms. The fourth-order valence-corrected chi connectivity index (χ4v) is 2.52. The molecule has 21 heavy (non-hydrogen) atoms. The van der Waals surface area contributed by atoms with E-state index in [2.05, 4.69) is 66.3 Å². The Balaban J connectivity index is 2.57. The van der Waals surface area contributed by atoms with Crippen molar-refractivity contribution in [3.05, 3.63) is 34.3 Å². The number of hydrogen-bond acceptors (Lipinski definition) is 3. The number of halogens is 1. The molecule has 0 heterocycles. The molecule has 0 aromatic heterocycles. The second-order valence-corrected chi connectivity index (χ2v) is 7.11. The van der Waals surface area contributed by atoms with Crippen LogP contribution in [0.5, 0.6) is 0 Å². The molecule has 0 aliphatic heterocycles. The van der Waals surface area contributed by atoms with E-state index in [1.54, 1.807) is 7.11 Å². The first-order valence-corrected chi connectivity index (χ1v) is 8.31. The molecule has 1 N–H and O–H groups in total. The summed E-state index contributed by atoms with van der Waals surface area (Å²) in [5, 5.41) is 3.46. The van der Waals surface area contributed by atoms with Crippen LogP contribution in [0.15, 0.2) is 28.7 Å². The summed E-state index contributed by atoms with van der Waals surface area (Å²) in [4.78, 5) is 0. The maximum atomic E-state index is 5.87. The van der Waals surface area contributed by atoms with Crippen molar-refractivity contribution >= 4 is 15.9 Å². The van der Waals surface area contributed by atoms with Crippen molar-refractivity contribution in [1.29, 1.82) is 0 Å². The Morgan fingerprint density at radius 2 is 2.00 bits per heavy atom. The van der Waals surface area contributed by atoms with E-state index in [0.29, 0.717) is 5.92 Å². The lowest BCUT2D eigenvalue weighted by Crippen LogP contribution is -2.27. The molecule has 120 valence electrons. The first-order chi connectivity index (χ1) is 9.92. The van der Waals surface area contributed by atoms with E-state index < -0.39 is 0 Å². The summed E-state index contributed by atoms with van der Waals surface area (Å²) in [5.41, 5.74) is 1.26. The maximum Gasteiger partial charge on any atom is 0.0598 e. The molecule has 0 amide bonds. The van der Waals surface area contributed by atoms with Gasteiger partial charge in [-0.15, -0.1) is 0 Å². The van der Waals surface area contributed by atoms with E-state index in [4.69, 9.17) is 9.47 Å². The third-order valence-corrected chi connectivity index (χ3v) is 3.69. The summed E-state index contributed by atoms with van der Waals surface area (Å²) < 4.78 is 12.1. The van der Waals surface area contributed by atoms with E-state index in [1.807, 2.05) is 0 Å². The zero-order valence-corrected chi connectivity index (χ0v) is 15.2. The molecular weight excluding hydrogens is 330 g/mol. The highest BCUT2D eigenvalue weighted by molar-refractivity contribution is 9.10. The number of nitrogens with one attached hydrogen (secondary N) is 1. The molecule has 0 spiro atoms. The van der Waals surface area contributed by atoms with Crippen LogP contribution in [0.1, 0.15) is 38.7 Å². The van der Waals surface area contributed by atoms with Crippen LogP contribution in [0, 0.1) is 0 Å². The van der Waals surface area contributed by atoms with Gasteiger partial charge < -0.3 is 14.8 Å². The second-order valence-electron chi connectivity index (χ2n) is 6.20. The van der Waals surface area contributed by atoms with Crippen molar-refractivity contribution in [2.75, 3.05) is 33.4 Å². The van der Waals surface area contributed by atoms with Crippen LogP contribution in [0.3, 0.4) is 0 Å². The van der Waals surface area contributed by atoms with Crippen molar-refractivity contribution in [1.82, 2.24) is 5.32 Å². The van der Waals surface area contributed by atoms with Crippen molar-refractivity contribution < 1.29 is 9.47 Å². The van der Waals surface area contributed by atoms with E-state index in [0.717, 1.165) is 37.2 Å². The predicted octanol–water partition coefficient (Wildman–Crippen LogP) is 3.97. The van der Waals surface area contributed by atoms with E-state index in [9.17, 15) is 0 Å². The molecule has 1 aromatic carbocycles. The van der Waals surface area contributed by atoms with Gasteiger partial charge in [0.25, 0.3) is 0 Å². The van der Waals surface area contributed by atoms with Gasteiger partial charge >= 0.3 is 0 Å². The number of methoxy groups -OCH3 is 1. The SMILES string of the molecule is COCCNCC(CCOC(C)(C)C)c1cccc(Br)c1. The molecular formula is C17H28BrNO2. The lowest BCUT2D eigenvalue weighted by molar-refractivity contribution is -0.00625. The van der Waals surface area contributed by atoms with Crippen LogP contribution in [-0.4, -0.2) is 39.0 Å². The molecule has 1 atom stereocenters. The Bertz CT molecular complexity index is 404. The first kappa shape index (κ1) is 18.6. The first-order valence-electron chi connectivity index (χ1n) is 7.51. The Morgan fingerprint density at radius 3 is 2.62 bits per heavy atom. The Morgan fingerprint density at radius 1 is 1.24 bits per heavy atom. The van der Waals surface area contributed by atoms with Crippen LogP contribution in [-0.2, 0) is 9.47 Å². The van der Waals surface area contributed by atoms with Crippen molar-refractivity contribution in [2.45, 2.75) is 38.7 Å². The third kappa shape index (κ3) is 8.57. The summed E-state index contributed by atoms with van der Waals surface area (Å²) in [7, 11) is 1.73. The van der Waals surface area contributed by atoms with Crippen LogP contribution in [0.25, 0.3) is 0 Å². The quantitative estimate of drug-likeness (QED) is 0.678. The number of rotatable bonds is 9. The maximum absolute atomic E-state index is 5.87. The average Bonchev–Trinajstić information content (AvgIpc) is 2.40. The highest BCUT2D eigenvalue weighted by Crippen LogP contribution is 2.23. The van der Waals surface area contributed by atoms with Gasteiger partial charge in [-0.2, -0.15) is 0 Å². The summed E-state index contributed by atoms with van der Waals surface area (Å²) in [6.07, 6.45) is 1.01. The molecule has 3 nitrogen and oxygen atoms in total. The van der Waals surface area contributed by atoms with Gasteiger partial charge in [-0.1, -0.05) is 28.1 Å². The van der Waals surface area contributed by atoms with Gasteiger partial charge in [0.05, 0.1) is 12.2 Å². The Kier molecular flexibility index (Phi) is 8.49. The van der Waals surface area contributed by atoms with Gasteiger partial charge in [-0.3, -0.25) is 0 Å². The topological polar surface area (TPSA) is 30.5 Å². The summed E-state index contributed by atoms with van der Waals surface area (Å²) in [6, 6.07) is 8.53. The average molecular weight is 358 g/mol. The molecule has 0 saturated heterocycles. The molecule has 4 heteroatoms. The smallest absolute Gasteiger partial charge is 0.0598 e. The molecule has 0 saturated carbocycles. The van der Waals surface area contributed by atoms with Crippen LogP contribution >= 0.6 is 15.9 Å². The minimum absolute atomic E-state index is 0.0781. The zero-order valence-electron chi connectivity index (χ0n) is 13.6.